The van der Waals surface area contributed by atoms with Gasteiger partial charge in [-0.3, -0.25) is 0 Å². The molecule has 2 fully saturated rings. The van der Waals surface area contributed by atoms with Gasteiger partial charge in [0.15, 0.2) is 0 Å². The molecular weight excluding hydrogens is 490 g/mol. The summed E-state index contributed by atoms with van der Waals surface area (Å²) >= 11 is 0. The molecule has 218 valence electrons. The maximum Gasteiger partial charge on any atom is 0.122 e. The molecule has 3 nitrogen and oxygen atoms in total. The summed E-state index contributed by atoms with van der Waals surface area (Å²) in [6.07, 6.45) is 4.79. The highest BCUT2D eigenvalue weighted by atomic mass is 16.5. The number of piperidine rings is 1. The average Bonchev–Trinajstić information content (AvgIpc) is 3.36. The number of benzene rings is 2. The summed E-state index contributed by atoms with van der Waals surface area (Å²) in [6, 6.07) is 10.0. The lowest BCUT2D eigenvalue weighted by Crippen LogP contribution is -2.47. The number of ether oxygens (including phenoxy) is 2. The Kier molecular flexibility index (Phi) is 5.84. The van der Waals surface area contributed by atoms with Crippen LogP contribution in [0.4, 0.5) is 0 Å². The summed E-state index contributed by atoms with van der Waals surface area (Å²) < 4.78 is 13.6. The molecule has 3 aliphatic carbocycles. The van der Waals surface area contributed by atoms with Crippen molar-refractivity contribution in [2.45, 2.75) is 108 Å². The van der Waals surface area contributed by atoms with Crippen LogP contribution in [0.2, 0.25) is 0 Å². The van der Waals surface area contributed by atoms with E-state index in [1.54, 1.807) is 5.56 Å². The molecule has 4 aliphatic rings. The third-order valence-corrected chi connectivity index (χ3v) is 11.9. The van der Waals surface area contributed by atoms with Gasteiger partial charge in [0, 0.05) is 28.7 Å². The maximum atomic E-state index is 6.35. The van der Waals surface area contributed by atoms with Gasteiger partial charge >= 0.3 is 0 Å². The van der Waals surface area contributed by atoms with Gasteiger partial charge in [-0.05, 0) is 75.0 Å². The monoisotopic (exact) mass is 544 g/mol. The minimum Gasteiger partial charge on any atom is -0.496 e. The van der Waals surface area contributed by atoms with Gasteiger partial charge in [-0.25, -0.2) is 0 Å². The van der Waals surface area contributed by atoms with Crippen molar-refractivity contribution < 1.29 is 14.0 Å². The summed E-state index contributed by atoms with van der Waals surface area (Å²) in [5, 5.41) is 0. The van der Waals surface area contributed by atoms with Gasteiger partial charge in [0.1, 0.15) is 11.5 Å². The van der Waals surface area contributed by atoms with Gasteiger partial charge in [0.2, 0.25) is 0 Å². The Balaban J connectivity index is 1.56. The number of rotatable bonds is 4. The molecule has 6 rings (SSSR count). The molecule has 0 amide bonds. The van der Waals surface area contributed by atoms with Crippen LogP contribution in [-0.2, 0) is 27.1 Å². The highest BCUT2D eigenvalue weighted by Gasteiger charge is 2.69. The van der Waals surface area contributed by atoms with Gasteiger partial charge in [-0.2, -0.15) is 0 Å². The third kappa shape index (κ3) is 3.64. The molecule has 4 unspecified atom stereocenters. The van der Waals surface area contributed by atoms with Crippen molar-refractivity contribution in [2.75, 3.05) is 41.4 Å². The minimum atomic E-state index is -0.0244. The molecular formula is C37H54NO2+. The standard InChI is InChI=1S/C37H54NO2/c1-13-23-30-20-38(9,10)15-14-37(23,30)29-17-25-27(19-32(29)40-12)36(22-35(25,7)8)21-34(5,6)24-16-28(33(2,3)4)31(39-11)18-26(24)36/h16-19,23,30H,13-15,20-22H2,1-12H3/q+1. The Morgan fingerprint density at radius 1 is 0.800 bits per heavy atom. The van der Waals surface area contributed by atoms with Crippen LogP contribution >= 0.6 is 0 Å². The van der Waals surface area contributed by atoms with Crippen LogP contribution in [0.15, 0.2) is 24.3 Å². The minimum absolute atomic E-state index is 0.0244. The lowest BCUT2D eigenvalue weighted by atomic mass is 9.72. The first-order valence-electron chi connectivity index (χ1n) is 15.8. The summed E-state index contributed by atoms with van der Waals surface area (Å²) in [4.78, 5) is 0. The number of fused-ring (bicyclic) bond motifs is 5. The van der Waals surface area contributed by atoms with Crippen LogP contribution < -0.4 is 9.47 Å². The Bertz CT molecular complexity index is 1380. The molecule has 1 heterocycles. The van der Waals surface area contributed by atoms with E-state index in [2.05, 4.69) is 93.8 Å². The van der Waals surface area contributed by atoms with E-state index in [1.165, 1.54) is 53.7 Å². The second kappa shape index (κ2) is 8.30. The van der Waals surface area contributed by atoms with Gasteiger partial charge < -0.3 is 14.0 Å². The van der Waals surface area contributed by atoms with Crippen molar-refractivity contribution in [1.29, 1.82) is 0 Å². The SMILES string of the molecule is CCC1C2C[N+](C)(C)CCC12c1cc2c(cc1OC)C1(CC(C)(C)c3cc(C(C)(C)C)c(OC)cc31)CC2(C)C. The summed E-state index contributed by atoms with van der Waals surface area (Å²) in [5.41, 5.74) is 9.34. The van der Waals surface area contributed by atoms with Crippen molar-refractivity contribution in [3.63, 3.8) is 0 Å². The number of quaternary nitrogens is 1. The van der Waals surface area contributed by atoms with E-state index in [-0.39, 0.29) is 27.1 Å². The summed E-state index contributed by atoms with van der Waals surface area (Å²) in [5.74, 6) is 3.70. The van der Waals surface area contributed by atoms with Gasteiger partial charge in [-0.1, -0.05) is 73.9 Å². The lowest BCUT2D eigenvalue weighted by Gasteiger charge is -2.37. The number of nitrogens with zero attached hydrogens (tertiary/aromatic N) is 1. The van der Waals surface area contributed by atoms with E-state index >= 15 is 0 Å². The van der Waals surface area contributed by atoms with Crippen molar-refractivity contribution in [1.82, 2.24) is 0 Å². The first-order chi connectivity index (χ1) is 18.5. The van der Waals surface area contributed by atoms with Crippen LogP contribution in [0.25, 0.3) is 0 Å². The Morgan fingerprint density at radius 2 is 1.35 bits per heavy atom. The molecule has 1 saturated heterocycles. The first-order valence-corrected chi connectivity index (χ1v) is 15.8. The topological polar surface area (TPSA) is 18.5 Å². The molecule has 1 saturated carbocycles. The predicted octanol–water partition coefficient (Wildman–Crippen LogP) is 8.02. The Morgan fingerprint density at radius 3 is 1.88 bits per heavy atom. The largest absolute Gasteiger partial charge is 0.496 e. The number of likely N-dealkylation sites (tertiary alicyclic amines) is 1. The van der Waals surface area contributed by atoms with Crippen LogP contribution in [0.5, 0.6) is 11.5 Å². The van der Waals surface area contributed by atoms with Gasteiger partial charge in [0.25, 0.3) is 0 Å². The van der Waals surface area contributed by atoms with Crippen LogP contribution in [0, 0.1) is 11.8 Å². The highest BCUT2D eigenvalue weighted by molar-refractivity contribution is 5.66. The molecule has 1 aliphatic heterocycles. The fraction of sp³-hybridized carbons (Fsp3) is 0.676. The van der Waals surface area contributed by atoms with Crippen molar-refractivity contribution >= 4 is 0 Å². The normalized spacial score (nSPS) is 32.4. The quantitative estimate of drug-likeness (QED) is 0.363. The molecule has 2 aromatic rings. The average molecular weight is 545 g/mol. The van der Waals surface area contributed by atoms with Crippen molar-refractivity contribution in [3.05, 3.63) is 57.6 Å². The first kappa shape index (κ1) is 28.1. The van der Waals surface area contributed by atoms with Crippen LogP contribution in [0.3, 0.4) is 0 Å². The van der Waals surface area contributed by atoms with E-state index in [1.807, 2.05) is 14.2 Å². The Hall–Kier alpha value is -2.00. The van der Waals surface area contributed by atoms with Crippen molar-refractivity contribution in [2.24, 2.45) is 11.8 Å². The molecule has 0 N–H and O–H groups in total. The fourth-order valence-corrected chi connectivity index (χ4v) is 10.2. The van der Waals surface area contributed by atoms with Gasteiger partial charge in [-0.15, -0.1) is 0 Å². The summed E-state index contributed by atoms with van der Waals surface area (Å²) in [6.45, 7) is 21.7. The summed E-state index contributed by atoms with van der Waals surface area (Å²) in [7, 11) is 8.58. The second-order valence-electron chi connectivity index (χ2n) is 16.9. The molecule has 4 atom stereocenters. The smallest absolute Gasteiger partial charge is 0.122 e. The van der Waals surface area contributed by atoms with E-state index in [0.29, 0.717) is 0 Å². The van der Waals surface area contributed by atoms with E-state index in [9.17, 15) is 0 Å². The fourth-order valence-electron chi connectivity index (χ4n) is 10.2. The predicted molar refractivity (Wildman–Crippen MR) is 166 cm³/mol. The second-order valence-corrected chi connectivity index (χ2v) is 16.9. The number of hydrogen-bond donors (Lipinski definition) is 0. The van der Waals surface area contributed by atoms with Gasteiger partial charge in [0.05, 0.1) is 41.4 Å². The molecule has 40 heavy (non-hydrogen) atoms. The third-order valence-electron chi connectivity index (χ3n) is 11.9. The maximum absolute atomic E-state index is 6.35. The lowest BCUT2D eigenvalue weighted by molar-refractivity contribution is -0.896. The van der Waals surface area contributed by atoms with E-state index in [4.69, 9.17) is 9.47 Å². The van der Waals surface area contributed by atoms with Crippen LogP contribution in [0.1, 0.15) is 114 Å². The molecule has 3 heteroatoms. The molecule has 0 bridgehead atoms. The zero-order valence-corrected chi connectivity index (χ0v) is 27.5. The molecule has 1 spiro atoms. The zero-order valence-electron chi connectivity index (χ0n) is 27.5. The van der Waals surface area contributed by atoms with E-state index < -0.39 is 0 Å². The van der Waals surface area contributed by atoms with Crippen LogP contribution in [-0.4, -0.2) is 45.9 Å². The zero-order chi connectivity index (χ0) is 29.3. The number of hydrogen-bond acceptors (Lipinski definition) is 2. The molecule has 0 radical (unpaired) electrons. The van der Waals surface area contributed by atoms with E-state index in [0.717, 1.165) is 40.7 Å². The Labute approximate surface area is 244 Å². The van der Waals surface area contributed by atoms with Crippen molar-refractivity contribution in [3.8, 4) is 11.5 Å². The molecule has 0 aromatic heterocycles. The highest BCUT2D eigenvalue weighted by Crippen LogP contribution is 2.70. The number of methoxy groups -OCH3 is 2. The molecule has 2 aromatic carbocycles.